The molecule has 0 fully saturated rings. The van der Waals surface area contributed by atoms with Crippen LogP contribution >= 0.6 is 0 Å². The number of hydrogen-bond donors (Lipinski definition) is 1. The van der Waals surface area contributed by atoms with Crippen LogP contribution in [0.4, 0.5) is 0 Å². The van der Waals surface area contributed by atoms with Gasteiger partial charge in [0.2, 0.25) is 5.88 Å². The summed E-state index contributed by atoms with van der Waals surface area (Å²) < 4.78 is 5.86. The maximum absolute atomic E-state index is 5.86. The van der Waals surface area contributed by atoms with Gasteiger partial charge in [0.1, 0.15) is 6.33 Å². The first kappa shape index (κ1) is 11.3. The van der Waals surface area contributed by atoms with Crippen LogP contribution < -0.4 is 10.1 Å². The van der Waals surface area contributed by atoms with Crippen LogP contribution in [-0.2, 0) is 13.0 Å². The van der Waals surface area contributed by atoms with E-state index in [0.29, 0.717) is 0 Å². The molecule has 0 radical (unpaired) electrons. The van der Waals surface area contributed by atoms with Gasteiger partial charge in [-0.1, -0.05) is 13.3 Å². The number of hydrogen-bond acceptors (Lipinski definition) is 4. The molecule has 4 nitrogen and oxygen atoms in total. The van der Waals surface area contributed by atoms with Crippen molar-refractivity contribution >= 4 is 0 Å². The van der Waals surface area contributed by atoms with Crippen molar-refractivity contribution in [2.24, 2.45) is 0 Å². The van der Waals surface area contributed by atoms with E-state index in [9.17, 15) is 0 Å². The summed E-state index contributed by atoms with van der Waals surface area (Å²) in [6.07, 6.45) is 5.00. The van der Waals surface area contributed by atoms with E-state index in [1.165, 1.54) is 0 Å². The van der Waals surface area contributed by atoms with E-state index >= 15 is 0 Å². The van der Waals surface area contributed by atoms with Crippen molar-refractivity contribution in [1.29, 1.82) is 0 Å². The molecule has 0 spiro atoms. The van der Waals surface area contributed by atoms with E-state index in [1.54, 1.807) is 6.33 Å². The van der Waals surface area contributed by atoms with Crippen LogP contribution in [-0.4, -0.2) is 22.6 Å². The zero-order chi connectivity index (χ0) is 11.4. The highest BCUT2D eigenvalue weighted by atomic mass is 16.5. The second-order valence-corrected chi connectivity index (χ2v) is 4.25. The lowest BCUT2D eigenvalue weighted by molar-refractivity contribution is 0.197. The van der Waals surface area contributed by atoms with Crippen molar-refractivity contribution < 1.29 is 4.74 Å². The maximum atomic E-state index is 5.86. The molecule has 0 bridgehead atoms. The van der Waals surface area contributed by atoms with Crippen molar-refractivity contribution in [3.05, 3.63) is 17.6 Å². The number of nitrogens with one attached hydrogen (secondary N) is 1. The fourth-order valence-electron chi connectivity index (χ4n) is 2.00. The van der Waals surface area contributed by atoms with Gasteiger partial charge in [0.25, 0.3) is 0 Å². The number of rotatable bonds is 4. The molecule has 1 aliphatic rings. The third kappa shape index (κ3) is 2.50. The van der Waals surface area contributed by atoms with Gasteiger partial charge in [0.15, 0.2) is 0 Å². The lowest BCUT2D eigenvalue weighted by Gasteiger charge is -2.20. The van der Waals surface area contributed by atoms with Crippen molar-refractivity contribution in [3.63, 3.8) is 0 Å². The Hall–Kier alpha value is -1.16. The molecule has 1 aromatic heterocycles. The molecular weight excluding hydrogens is 202 g/mol. The van der Waals surface area contributed by atoms with Gasteiger partial charge in [-0.3, -0.25) is 0 Å². The summed E-state index contributed by atoms with van der Waals surface area (Å²) in [6, 6.07) is 0. The predicted molar refractivity (Wildman–Crippen MR) is 62.4 cm³/mol. The SMILES string of the molecule is CCCC(C)Oc1ncnc2c1CNCC2. The molecule has 0 saturated heterocycles. The van der Waals surface area contributed by atoms with Crippen LogP contribution in [0.1, 0.15) is 37.9 Å². The maximum Gasteiger partial charge on any atom is 0.221 e. The normalized spacial score (nSPS) is 16.6. The van der Waals surface area contributed by atoms with Gasteiger partial charge in [-0.05, 0) is 13.3 Å². The average Bonchev–Trinajstić information content (AvgIpc) is 2.30. The van der Waals surface area contributed by atoms with Gasteiger partial charge in [0, 0.05) is 25.1 Å². The van der Waals surface area contributed by atoms with Gasteiger partial charge >= 0.3 is 0 Å². The third-order valence-electron chi connectivity index (χ3n) is 2.84. The first-order valence-corrected chi connectivity index (χ1v) is 6.01. The Morgan fingerprint density at radius 3 is 3.19 bits per heavy atom. The summed E-state index contributed by atoms with van der Waals surface area (Å²) in [6.45, 7) is 6.07. The minimum absolute atomic E-state index is 0.228. The summed E-state index contributed by atoms with van der Waals surface area (Å²) in [5.74, 6) is 0.762. The smallest absolute Gasteiger partial charge is 0.221 e. The van der Waals surface area contributed by atoms with Crippen LogP contribution in [0.3, 0.4) is 0 Å². The fourth-order valence-corrected chi connectivity index (χ4v) is 2.00. The molecule has 1 aromatic rings. The van der Waals surface area contributed by atoms with Crippen LogP contribution in [0.2, 0.25) is 0 Å². The van der Waals surface area contributed by atoms with Crippen LogP contribution in [0.5, 0.6) is 5.88 Å². The summed E-state index contributed by atoms with van der Waals surface area (Å²) in [5.41, 5.74) is 2.27. The summed E-state index contributed by atoms with van der Waals surface area (Å²) in [7, 11) is 0. The molecule has 0 aliphatic carbocycles. The van der Waals surface area contributed by atoms with Gasteiger partial charge in [0.05, 0.1) is 11.8 Å². The van der Waals surface area contributed by atoms with Crippen LogP contribution in [0.15, 0.2) is 6.33 Å². The highest BCUT2D eigenvalue weighted by molar-refractivity contribution is 5.31. The van der Waals surface area contributed by atoms with Gasteiger partial charge in [-0.25, -0.2) is 9.97 Å². The molecule has 1 N–H and O–H groups in total. The molecule has 16 heavy (non-hydrogen) atoms. The highest BCUT2D eigenvalue weighted by Gasteiger charge is 2.17. The Balaban J connectivity index is 2.14. The molecule has 4 heteroatoms. The molecule has 1 aliphatic heterocycles. The Kier molecular flexibility index (Phi) is 3.72. The predicted octanol–water partition coefficient (Wildman–Crippen LogP) is 1.69. The molecule has 0 aromatic carbocycles. The Bertz CT molecular complexity index is 354. The Labute approximate surface area is 96.4 Å². The number of ether oxygens (including phenoxy) is 1. The standard InChI is InChI=1S/C12H19N3O/c1-3-4-9(2)16-12-10-7-13-6-5-11(10)14-8-15-12/h8-9,13H,3-7H2,1-2H3. The zero-order valence-corrected chi connectivity index (χ0v) is 9.99. The molecule has 0 saturated carbocycles. The quantitative estimate of drug-likeness (QED) is 0.840. The third-order valence-corrected chi connectivity index (χ3v) is 2.84. The van der Waals surface area contributed by atoms with Crippen molar-refractivity contribution in [1.82, 2.24) is 15.3 Å². The fraction of sp³-hybridized carbons (Fsp3) is 0.667. The lowest BCUT2D eigenvalue weighted by atomic mass is 10.1. The zero-order valence-electron chi connectivity index (χ0n) is 9.99. The van der Waals surface area contributed by atoms with Crippen molar-refractivity contribution in [2.75, 3.05) is 6.54 Å². The van der Waals surface area contributed by atoms with Crippen LogP contribution in [0, 0.1) is 0 Å². The number of aromatic nitrogens is 2. The van der Waals surface area contributed by atoms with E-state index in [-0.39, 0.29) is 6.10 Å². The first-order chi connectivity index (χ1) is 7.81. The molecule has 88 valence electrons. The first-order valence-electron chi connectivity index (χ1n) is 6.01. The topological polar surface area (TPSA) is 47.0 Å². The van der Waals surface area contributed by atoms with Crippen LogP contribution in [0.25, 0.3) is 0 Å². The summed E-state index contributed by atoms with van der Waals surface area (Å²) >= 11 is 0. The summed E-state index contributed by atoms with van der Waals surface area (Å²) in [4.78, 5) is 8.54. The molecule has 2 rings (SSSR count). The Morgan fingerprint density at radius 1 is 1.50 bits per heavy atom. The minimum atomic E-state index is 0.228. The van der Waals surface area contributed by atoms with E-state index < -0.39 is 0 Å². The van der Waals surface area contributed by atoms with Gasteiger partial charge in [-0.2, -0.15) is 0 Å². The second kappa shape index (κ2) is 5.25. The monoisotopic (exact) mass is 221 g/mol. The largest absolute Gasteiger partial charge is 0.474 e. The number of fused-ring (bicyclic) bond motifs is 1. The molecule has 1 atom stereocenters. The average molecular weight is 221 g/mol. The lowest BCUT2D eigenvalue weighted by Crippen LogP contribution is -2.26. The van der Waals surface area contributed by atoms with Gasteiger partial charge in [-0.15, -0.1) is 0 Å². The minimum Gasteiger partial charge on any atom is -0.474 e. The van der Waals surface area contributed by atoms with Crippen molar-refractivity contribution in [2.45, 2.75) is 45.8 Å². The molecule has 0 amide bonds. The van der Waals surface area contributed by atoms with Gasteiger partial charge < -0.3 is 10.1 Å². The van der Waals surface area contributed by atoms with E-state index in [2.05, 4.69) is 29.1 Å². The van der Waals surface area contributed by atoms with E-state index in [4.69, 9.17) is 4.74 Å². The second-order valence-electron chi connectivity index (χ2n) is 4.25. The van der Waals surface area contributed by atoms with E-state index in [1.807, 2.05) is 0 Å². The van der Waals surface area contributed by atoms with Crippen molar-refractivity contribution in [3.8, 4) is 5.88 Å². The number of nitrogens with zero attached hydrogens (tertiary/aromatic N) is 2. The summed E-state index contributed by atoms with van der Waals surface area (Å²) in [5, 5.41) is 3.33. The molecule has 2 heterocycles. The molecule has 1 unspecified atom stereocenters. The Morgan fingerprint density at radius 2 is 2.38 bits per heavy atom. The highest BCUT2D eigenvalue weighted by Crippen LogP contribution is 2.22. The van der Waals surface area contributed by atoms with E-state index in [0.717, 1.165) is 49.5 Å². The molecular formula is C12H19N3O.